The summed E-state index contributed by atoms with van der Waals surface area (Å²) in [5.41, 5.74) is 9.13. The lowest BCUT2D eigenvalue weighted by atomic mass is 9.71. The van der Waals surface area contributed by atoms with Crippen LogP contribution < -0.4 is 19.9 Å². The second-order valence-corrected chi connectivity index (χ2v) is 18.0. The number of nitrogens with zero attached hydrogens (tertiary/aromatic N) is 2. The topological polar surface area (TPSA) is 71.1 Å². The zero-order chi connectivity index (χ0) is 36.8. The summed E-state index contributed by atoms with van der Waals surface area (Å²) < 4.78 is 14.2. The molecule has 270 valence electrons. The van der Waals surface area contributed by atoms with Crippen molar-refractivity contribution in [3.63, 3.8) is 0 Å². The van der Waals surface area contributed by atoms with Gasteiger partial charge in [-0.2, -0.15) is 0 Å². The molecule has 6 aliphatic heterocycles. The molecule has 1 spiro atoms. The van der Waals surface area contributed by atoms with Gasteiger partial charge in [-0.3, -0.25) is 4.79 Å². The summed E-state index contributed by atoms with van der Waals surface area (Å²) in [5.74, 6) is 0.676. The second kappa shape index (κ2) is 11.4. The monoisotopic (exact) mass is 775 g/mol. The molecule has 0 saturated heterocycles. The van der Waals surface area contributed by atoms with Crippen molar-refractivity contribution in [3.8, 4) is 11.5 Å². The fourth-order valence-electron chi connectivity index (χ4n) is 9.80. The lowest BCUT2D eigenvalue weighted by Crippen LogP contribution is -2.49. The van der Waals surface area contributed by atoms with Crippen molar-refractivity contribution in [1.29, 1.82) is 0 Å². The van der Waals surface area contributed by atoms with E-state index in [2.05, 4.69) is 80.9 Å². The number of carbonyl (C=O) groups excluding carboxylic acids is 2. The van der Waals surface area contributed by atoms with Crippen LogP contribution in [0, 0.1) is 0 Å². The maximum atomic E-state index is 14.4. The van der Waals surface area contributed by atoms with Crippen LogP contribution in [0.3, 0.4) is 0 Å². The SMILES string of the molecule is CNC(=O)CSc1c(Cl)c(Cl)c2c(c1Cl)C1(OC2=O)c2cc3c4c(c2Oc2c1cc1c5c2CCCN5C(C)(C)C=C1C)CCCN4C(C)(C)C=C3C. The van der Waals surface area contributed by atoms with Crippen molar-refractivity contribution in [3.05, 3.63) is 83.9 Å². The molecular weight excluding hydrogens is 737 g/mol. The van der Waals surface area contributed by atoms with E-state index >= 15 is 0 Å². The first-order valence-electron chi connectivity index (χ1n) is 17.9. The minimum Gasteiger partial charge on any atom is -0.456 e. The van der Waals surface area contributed by atoms with Gasteiger partial charge in [0, 0.05) is 64.0 Å². The summed E-state index contributed by atoms with van der Waals surface area (Å²) in [4.78, 5) is 32.3. The van der Waals surface area contributed by atoms with Crippen molar-refractivity contribution in [2.75, 3.05) is 35.7 Å². The normalized spacial score (nSPS) is 20.5. The number of fused-ring (bicyclic) bond motifs is 8. The standard InChI is InChI=1S/C41H40Cl3N3O4S/c1-19-16-39(3,4)46-12-8-10-21-33(46)23(19)14-25-35(21)50-36-22-11-9-13-47-34(22)24(20(2)17-40(47,5)6)15-26(36)41(25)29-28(38(49)51-41)30(42)32(44)37(31(29)43)52-18-27(48)45-7/h14-17H,8-13,18H2,1-7H3,(H,45,48). The van der Waals surface area contributed by atoms with E-state index in [1.54, 1.807) is 7.05 Å². The molecule has 9 rings (SSSR count). The number of hydrogen-bond acceptors (Lipinski definition) is 7. The van der Waals surface area contributed by atoms with E-state index in [1.165, 1.54) is 23.1 Å². The van der Waals surface area contributed by atoms with E-state index in [-0.39, 0.29) is 43.4 Å². The number of nitrogens with one attached hydrogen (secondary N) is 1. The Morgan fingerprint density at radius 2 is 1.37 bits per heavy atom. The number of esters is 1. The minimum absolute atomic E-state index is 0.0588. The Bertz CT molecular complexity index is 2170. The van der Waals surface area contributed by atoms with Crippen LogP contribution in [0.5, 0.6) is 11.5 Å². The average molecular weight is 777 g/mol. The van der Waals surface area contributed by atoms with Crippen LogP contribution in [0.1, 0.15) is 104 Å². The van der Waals surface area contributed by atoms with Gasteiger partial charge in [0.15, 0.2) is 5.60 Å². The third kappa shape index (κ3) is 4.41. The third-order valence-corrected chi connectivity index (χ3v) is 14.5. The molecule has 3 aromatic rings. The molecule has 1 N–H and O–H groups in total. The van der Waals surface area contributed by atoms with Crippen LogP contribution in [0.2, 0.25) is 15.1 Å². The van der Waals surface area contributed by atoms with Crippen LogP contribution in [-0.2, 0) is 28.0 Å². The number of allylic oxidation sites excluding steroid dienone is 2. The Balaban J connectivity index is 1.43. The molecule has 0 aromatic heterocycles. The van der Waals surface area contributed by atoms with E-state index in [1.807, 2.05) is 0 Å². The summed E-state index contributed by atoms with van der Waals surface area (Å²) in [6, 6.07) is 4.30. The number of carbonyl (C=O) groups is 2. The Kier molecular flexibility index (Phi) is 7.53. The molecule has 0 radical (unpaired) electrons. The maximum absolute atomic E-state index is 14.4. The van der Waals surface area contributed by atoms with Gasteiger partial charge in [0.2, 0.25) is 5.91 Å². The number of amides is 1. The van der Waals surface area contributed by atoms with Crippen LogP contribution >= 0.6 is 46.6 Å². The summed E-state index contributed by atoms with van der Waals surface area (Å²) >= 11 is 22.7. The Morgan fingerprint density at radius 3 is 1.87 bits per heavy atom. The highest BCUT2D eigenvalue weighted by Crippen LogP contribution is 2.66. The first kappa shape index (κ1) is 34.5. The number of anilines is 2. The predicted octanol–water partition coefficient (Wildman–Crippen LogP) is 9.95. The highest BCUT2D eigenvalue weighted by Gasteiger charge is 2.59. The van der Waals surface area contributed by atoms with Crippen molar-refractivity contribution in [1.82, 2.24) is 5.32 Å². The fourth-order valence-corrected chi connectivity index (χ4v) is 11.9. The van der Waals surface area contributed by atoms with Gasteiger partial charge in [0.05, 0.1) is 48.8 Å². The largest absolute Gasteiger partial charge is 0.456 e. The van der Waals surface area contributed by atoms with Crippen LogP contribution in [0.25, 0.3) is 11.1 Å². The van der Waals surface area contributed by atoms with E-state index in [4.69, 9.17) is 44.3 Å². The van der Waals surface area contributed by atoms with Crippen LogP contribution in [0.15, 0.2) is 29.2 Å². The van der Waals surface area contributed by atoms with Gasteiger partial charge in [-0.15, -0.1) is 11.8 Å². The molecule has 0 aliphatic carbocycles. The number of hydrogen-bond donors (Lipinski definition) is 1. The van der Waals surface area contributed by atoms with Crippen molar-refractivity contribution < 1.29 is 19.1 Å². The molecule has 0 fully saturated rings. The summed E-state index contributed by atoms with van der Waals surface area (Å²) in [5, 5.41) is 3.08. The summed E-state index contributed by atoms with van der Waals surface area (Å²) in [6.45, 7) is 15.2. The minimum atomic E-state index is -1.51. The van der Waals surface area contributed by atoms with Gasteiger partial charge in [0.25, 0.3) is 0 Å². The number of rotatable bonds is 3. The molecule has 0 bridgehead atoms. The summed E-state index contributed by atoms with van der Waals surface area (Å²) in [7, 11) is 1.58. The van der Waals surface area contributed by atoms with Gasteiger partial charge in [-0.05, 0) is 90.5 Å². The molecule has 52 heavy (non-hydrogen) atoms. The Morgan fingerprint density at radius 1 is 0.846 bits per heavy atom. The van der Waals surface area contributed by atoms with Gasteiger partial charge >= 0.3 is 5.97 Å². The molecule has 11 heteroatoms. The molecule has 3 aromatic carbocycles. The van der Waals surface area contributed by atoms with Crippen LogP contribution in [-0.4, -0.2) is 48.8 Å². The average Bonchev–Trinajstić information content (AvgIpc) is 3.41. The first-order valence-corrected chi connectivity index (χ1v) is 20.1. The number of thioether (sulfide) groups is 1. The third-order valence-electron chi connectivity index (χ3n) is 11.9. The van der Waals surface area contributed by atoms with Gasteiger partial charge < -0.3 is 24.6 Å². The first-order chi connectivity index (χ1) is 24.6. The second-order valence-electron chi connectivity index (χ2n) is 15.9. The Labute approximate surface area is 323 Å². The number of halogens is 3. The maximum Gasteiger partial charge on any atom is 0.341 e. The quantitative estimate of drug-likeness (QED) is 0.161. The number of benzene rings is 3. The number of ether oxygens (including phenoxy) is 2. The van der Waals surface area contributed by atoms with Gasteiger partial charge in [-0.25, -0.2) is 4.79 Å². The van der Waals surface area contributed by atoms with Crippen LogP contribution in [0.4, 0.5) is 11.4 Å². The summed E-state index contributed by atoms with van der Waals surface area (Å²) in [6.07, 6.45) is 8.15. The van der Waals surface area contributed by atoms with E-state index < -0.39 is 11.6 Å². The van der Waals surface area contributed by atoms with Gasteiger partial charge in [0.1, 0.15) is 11.5 Å². The van der Waals surface area contributed by atoms with Crippen molar-refractivity contribution in [2.45, 2.75) is 88.8 Å². The fraction of sp³-hybridized carbons (Fsp3) is 0.415. The van der Waals surface area contributed by atoms with Crippen molar-refractivity contribution in [2.24, 2.45) is 0 Å². The lowest BCUT2D eigenvalue weighted by molar-refractivity contribution is -0.118. The zero-order valence-corrected chi connectivity index (χ0v) is 33.4. The smallest absolute Gasteiger partial charge is 0.341 e. The molecular formula is C41H40Cl3N3O4S. The molecule has 6 aliphatic rings. The van der Waals surface area contributed by atoms with E-state index in [9.17, 15) is 9.59 Å². The van der Waals surface area contributed by atoms with Gasteiger partial charge in [-0.1, -0.05) is 47.0 Å². The molecule has 1 amide bonds. The predicted molar refractivity (Wildman–Crippen MR) is 211 cm³/mol. The molecule has 0 saturated carbocycles. The zero-order valence-electron chi connectivity index (χ0n) is 30.3. The lowest BCUT2D eigenvalue weighted by Gasteiger charge is -2.50. The van der Waals surface area contributed by atoms with E-state index in [0.717, 1.165) is 83.3 Å². The van der Waals surface area contributed by atoms with Crippen molar-refractivity contribution >= 4 is 81.0 Å². The Hall–Kier alpha value is -3.30. The van der Waals surface area contributed by atoms with E-state index in [0.29, 0.717) is 22.0 Å². The highest BCUT2D eigenvalue weighted by molar-refractivity contribution is 8.00. The molecule has 6 heterocycles. The highest BCUT2D eigenvalue weighted by atomic mass is 35.5. The molecule has 7 nitrogen and oxygen atoms in total. The molecule has 0 atom stereocenters. The molecule has 0 unspecified atom stereocenters.